The van der Waals surface area contributed by atoms with Gasteiger partial charge in [0.05, 0.1) is 6.04 Å². The van der Waals surface area contributed by atoms with Crippen LogP contribution in [0.25, 0.3) is 0 Å². The Morgan fingerprint density at radius 2 is 1.96 bits per heavy atom. The highest BCUT2D eigenvalue weighted by molar-refractivity contribution is 5.92. The van der Waals surface area contributed by atoms with Gasteiger partial charge in [-0.05, 0) is 31.5 Å². The second-order valence-electron chi connectivity index (χ2n) is 5.06. The Hall–Kier alpha value is -2.52. The Balaban J connectivity index is 2.10. The highest BCUT2D eigenvalue weighted by atomic mass is 19.4. The summed E-state index contributed by atoms with van der Waals surface area (Å²) in [6.45, 7) is 0.0289. The molecular weight excluding hydrogens is 335 g/mol. The molecule has 0 spiro atoms. The summed E-state index contributed by atoms with van der Waals surface area (Å²) < 4.78 is 63.0. The summed E-state index contributed by atoms with van der Waals surface area (Å²) in [5, 5.41) is 5.96. The molecule has 0 aromatic carbocycles. The Morgan fingerprint density at radius 3 is 2.42 bits per heavy atom. The molecule has 0 fully saturated rings. The molecule has 0 aliphatic heterocycles. The molecule has 24 heavy (non-hydrogen) atoms. The van der Waals surface area contributed by atoms with Gasteiger partial charge in [-0.2, -0.15) is 27.1 Å². The fourth-order valence-electron chi connectivity index (χ4n) is 1.98. The Kier molecular flexibility index (Phi) is 4.86. The number of aromatic nitrogens is 3. The van der Waals surface area contributed by atoms with Crippen LogP contribution in [0, 0.1) is 6.92 Å². The number of nitrogens with one attached hydrogen (secondary N) is 1. The largest absolute Gasteiger partial charge is 0.433 e. The van der Waals surface area contributed by atoms with Gasteiger partial charge in [-0.15, -0.1) is 0 Å². The number of hydrogen-bond acceptors (Lipinski definition) is 3. The van der Waals surface area contributed by atoms with Crippen LogP contribution in [-0.4, -0.2) is 20.7 Å². The lowest BCUT2D eigenvalue weighted by atomic mass is 10.1. The topological polar surface area (TPSA) is 59.8 Å². The van der Waals surface area contributed by atoms with Crippen LogP contribution in [0.1, 0.15) is 47.0 Å². The van der Waals surface area contributed by atoms with Crippen LogP contribution in [-0.2, 0) is 6.18 Å². The van der Waals surface area contributed by atoms with E-state index in [2.05, 4.69) is 15.4 Å². The Labute approximate surface area is 133 Å². The molecule has 1 N–H and O–H groups in total. The van der Waals surface area contributed by atoms with Crippen LogP contribution >= 0.6 is 0 Å². The van der Waals surface area contributed by atoms with Gasteiger partial charge < -0.3 is 5.32 Å². The van der Waals surface area contributed by atoms with Crippen molar-refractivity contribution in [2.75, 3.05) is 0 Å². The summed E-state index contributed by atoms with van der Waals surface area (Å²) in [4.78, 5) is 15.3. The summed E-state index contributed by atoms with van der Waals surface area (Å²) in [7, 11) is 0. The molecule has 2 aromatic rings. The molecular formula is C14H13F5N4O. The van der Waals surface area contributed by atoms with E-state index in [-0.39, 0.29) is 11.4 Å². The molecule has 130 valence electrons. The molecule has 0 saturated carbocycles. The highest BCUT2D eigenvalue weighted by Crippen LogP contribution is 2.28. The van der Waals surface area contributed by atoms with Crippen molar-refractivity contribution in [2.45, 2.75) is 32.6 Å². The van der Waals surface area contributed by atoms with Crippen molar-refractivity contribution in [1.29, 1.82) is 0 Å². The number of aryl methyl sites for hydroxylation is 1. The molecule has 2 heterocycles. The zero-order valence-corrected chi connectivity index (χ0v) is 12.6. The maximum Gasteiger partial charge on any atom is 0.433 e. The van der Waals surface area contributed by atoms with E-state index in [4.69, 9.17) is 0 Å². The molecule has 0 aliphatic carbocycles. The van der Waals surface area contributed by atoms with Crippen molar-refractivity contribution in [1.82, 2.24) is 20.1 Å². The summed E-state index contributed by atoms with van der Waals surface area (Å²) in [6, 6.07) is 2.50. The van der Waals surface area contributed by atoms with Crippen LogP contribution < -0.4 is 5.32 Å². The van der Waals surface area contributed by atoms with Crippen molar-refractivity contribution < 1.29 is 26.7 Å². The van der Waals surface area contributed by atoms with Gasteiger partial charge in [0.1, 0.15) is 5.69 Å². The van der Waals surface area contributed by atoms with Gasteiger partial charge in [0.2, 0.25) is 0 Å². The zero-order chi connectivity index (χ0) is 18.1. The van der Waals surface area contributed by atoms with Gasteiger partial charge >= 0.3 is 12.7 Å². The lowest BCUT2D eigenvalue weighted by Gasteiger charge is -2.14. The van der Waals surface area contributed by atoms with Crippen molar-refractivity contribution in [3.63, 3.8) is 0 Å². The van der Waals surface area contributed by atoms with Gasteiger partial charge in [0.25, 0.3) is 5.91 Å². The second-order valence-corrected chi connectivity index (χ2v) is 5.06. The van der Waals surface area contributed by atoms with Crippen LogP contribution in [0.5, 0.6) is 0 Å². The lowest BCUT2D eigenvalue weighted by Crippen LogP contribution is -2.27. The van der Waals surface area contributed by atoms with E-state index >= 15 is 0 Å². The number of alkyl halides is 5. The predicted octanol–water partition coefficient (Wildman–Crippen LogP) is 3.49. The first kappa shape index (κ1) is 17.8. The molecule has 2 rings (SSSR count). The monoisotopic (exact) mass is 348 g/mol. The number of amides is 1. The number of pyridine rings is 1. The molecule has 10 heteroatoms. The van der Waals surface area contributed by atoms with Gasteiger partial charge in [0.15, 0.2) is 5.69 Å². The van der Waals surface area contributed by atoms with Gasteiger partial charge in [-0.3, -0.25) is 9.78 Å². The smallest absolute Gasteiger partial charge is 0.344 e. The van der Waals surface area contributed by atoms with Gasteiger partial charge in [-0.25, -0.2) is 4.68 Å². The number of halogens is 5. The molecule has 0 bridgehead atoms. The maximum absolute atomic E-state index is 12.6. The predicted molar refractivity (Wildman–Crippen MR) is 73.3 cm³/mol. The quantitative estimate of drug-likeness (QED) is 0.861. The third kappa shape index (κ3) is 3.87. The van der Waals surface area contributed by atoms with Crippen molar-refractivity contribution in [3.05, 3.63) is 47.0 Å². The van der Waals surface area contributed by atoms with Crippen molar-refractivity contribution in [2.24, 2.45) is 0 Å². The molecule has 0 radical (unpaired) electrons. The van der Waals surface area contributed by atoms with Crippen LogP contribution in [0.15, 0.2) is 24.4 Å². The van der Waals surface area contributed by atoms with E-state index < -0.39 is 30.4 Å². The average Bonchev–Trinajstić information content (AvgIpc) is 2.88. The van der Waals surface area contributed by atoms with Crippen molar-refractivity contribution in [3.8, 4) is 0 Å². The summed E-state index contributed by atoms with van der Waals surface area (Å²) in [5.41, 5.74) is -0.809. The first-order chi connectivity index (χ1) is 11.1. The van der Waals surface area contributed by atoms with E-state index in [0.717, 1.165) is 12.3 Å². The summed E-state index contributed by atoms with van der Waals surface area (Å²) in [5.74, 6) is -0.718. The summed E-state index contributed by atoms with van der Waals surface area (Å²) >= 11 is 0. The number of nitrogens with zero attached hydrogens (tertiary/aromatic N) is 3. The first-order valence-electron chi connectivity index (χ1n) is 6.78. The Morgan fingerprint density at radius 1 is 1.29 bits per heavy atom. The van der Waals surface area contributed by atoms with Crippen LogP contribution in [0.2, 0.25) is 0 Å². The number of carbonyl (C=O) groups excluding carboxylic acids is 1. The third-order valence-corrected chi connectivity index (χ3v) is 3.26. The van der Waals surface area contributed by atoms with E-state index in [1.54, 1.807) is 0 Å². The molecule has 0 saturated heterocycles. The van der Waals surface area contributed by atoms with E-state index in [1.165, 1.54) is 26.0 Å². The fraction of sp³-hybridized carbons (Fsp3) is 0.357. The van der Waals surface area contributed by atoms with Gasteiger partial charge in [-0.1, -0.05) is 6.07 Å². The maximum atomic E-state index is 12.6. The van der Waals surface area contributed by atoms with Crippen LogP contribution in [0.3, 0.4) is 0 Å². The number of rotatable bonds is 4. The lowest BCUT2D eigenvalue weighted by molar-refractivity contribution is -0.141. The highest BCUT2D eigenvalue weighted by Gasteiger charge is 2.32. The van der Waals surface area contributed by atoms with Crippen molar-refractivity contribution >= 4 is 5.91 Å². The molecule has 1 amide bonds. The van der Waals surface area contributed by atoms with Crippen LogP contribution in [0.4, 0.5) is 22.0 Å². The molecule has 5 nitrogen and oxygen atoms in total. The Bertz CT molecular complexity index is 724. The molecule has 0 aliphatic rings. The minimum Gasteiger partial charge on any atom is -0.344 e. The molecule has 0 unspecified atom stereocenters. The minimum absolute atomic E-state index is 0.110. The number of hydrogen-bond donors (Lipinski definition) is 1. The summed E-state index contributed by atoms with van der Waals surface area (Å²) in [6.07, 6.45) is -3.55. The van der Waals surface area contributed by atoms with E-state index in [9.17, 15) is 26.7 Å². The average molecular weight is 348 g/mol. The SMILES string of the molecule is Cc1cc(C(=O)N[C@@H](C)c2ccc(C(F)(F)F)nc2)nn1C(F)F. The number of carbonyl (C=O) groups is 1. The van der Waals surface area contributed by atoms with E-state index in [1.807, 2.05) is 0 Å². The third-order valence-electron chi connectivity index (χ3n) is 3.26. The van der Waals surface area contributed by atoms with Gasteiger partial charge in [0, 0.05) is 11.9 Å². The van der Waals surface area contributed by atoms with E-state index in [0.29, 0.717) is 10.2 Å². The normalized spacial score (nSPS) is 13.2. The second kappa shape index (κ2) is 6.54. The standard InChI is InChI=1S/C14H13F5N4O/c1-7-5-10(22-23(7)13(15)16)12(24)21-8(2)9-3-4-11(20-6-9)14(17,18)19/h3-6,8,13H,1-2H3,(H,21,24)/t8-/m0/s1. The fourth-order valence-corrected chi connectivity index (χ4v) is 1.98. The molecule has 1 atom stereocenters. The first-order valence-corrected chi connectivity index (χ1v) is 6.78. The zero-order valence-electron chi connectivity index (χ0n) is 12.6. The molecule has 2 aromatic heterocycles. The minimum atomic E-state index is -4.55.